The van der Waals surface area contributed by atoms with E-state index in [0.29, 0.717) is 36.1 Å². The summed E-state index contributed by atoms with van der Waals surface area (Å²) in [5.41, 5.74) is 5.60. The van der Waals surface area contributed by atoms with Crippen molar-refractivity contribution >= 4 is 40.8 Å². The smallest absolute Gasteiger partial charge is 0.250 e. The Hall–Kier alpha value is -3.23. The molecule has 2 heterocycles. The maximum Gasteiger partial charge on any atom is 0.250 e. The number of hydrazone groups is 1. The number of anilines is 4. The van der Waals surface area contributed by atoms with Crippen molar-refractivity contribution in [1.29, 1.82) is 0 Å². The third kappa shape index (κ3) is 5.22. The number of nitrogens with one attached hydrogen (secondary N) is 2. The third-order valence-electron chi connectivity index (χ3n) is 4.53. The van der Waals surface area contributed by atoms with E-state index in [1.807, 2.05) is 61.5 Å². The quantitative estimate of drug-likeness (QED) is 0.458. The zero-order chi connectivity index (χ0) is 20.8. The molecule has 1 aliphatic rings. The molecule has 30 heavy (non-hydrogen) atoms. The molecule has 2 N–H and O–H groups in total. The van der Waals surface area contributed by atoms with E-state index in [1.54, 1.807) is 0 Å². The van der Waals surface area contributed by atoms with Gasteiger partial charge >= 0.3 is 0 Å². The summed E-state index contributed by atoms with van der Waals surface area (Å²) < 4.78 is 5.44. The number of aromatic nitrogens is 3. The van der Waals surface area contributed by atoms with Crippen molar-refractivity contribution in [2.45, 2.75) is 6.92 Å². The van der Waals surface area contributed by atoms with E-state index in [-0.39, 0.29) is 0 Å². The van der Waals surface area contributed by atoms with E-state index in [4.69, 9.17) is 16.3 Å². The van der Waals surface area contributed by atoms with Gasteiger partial charge in [-0.15, -0.1) is 0 Å². The number of hydrogen-bond acceptors (Lipinski definition) is 8. The number of morpholine rings is 1. The van der Waals surface area contributed by atoms with Crippen LogP contribution in [0.15, 0.2) is 59.7 Å². The molecule has 154 valence electrons. The molecule has 3 aromatic rings. The van der Waals surface area contributed by atoms with Gasteiger partial charge in [0.05, 0.1) is 18.9 Å². The van der Waals surface area contributed by atoms with Gasteiger partial charge in [-0.1, -0.05) is 41.9 Å². The first-order valence-electron chi connectivity index (χ1n) is 9.64. The highest BCUT2D eigenvalue weighted by atomic mass is 35.5. The molecule has 8 nitrogen and oxygen atoms in total. The lowest BCUT2D eigenvalue weighted by Crippen LogP contribution is -2.37. The topological polar surface area (TPSA) is 87.6 Å². The molecule has 0 aliphatic carbocycles. The molecule has 0 bridgehead atoms. The van der Waals surface area contributed by atoms with Crippen LogP contribution in [0.3, 0.4) is 0 Å². The van der Waals surface area contributed by atoms with E-state index >= 15 is 0 Å². The van der Waals surface area contributed by atoms with Crippen LogP contribution in [0.4, 0.5) is 23.5 Å². The van der Waals surface area contributed by atoms with Crippen molar-refractivity contribution in [3.63, 3.8) is 0 Å². The molecule has 0 atom stereocenters. The Bertz CT molecular complexity index is 1010. The Labute approximate surface area is 180 Å². The van der Waals surface area contributed by atoms with Crippen LogP contribution in [0.5, 0.6) is 0 Å². The van der Waals surface area contributed by atoms with Gasteiger partial charge in [-0.3, -0.25) is 0 Å². The molecule has 1 fully saturated rings. The number of ether oxygens (including phenoxy) is 1. The molecule has 0 saturated carbocycles. The average Bonchev–Trinajstić information content (AvgIpc) is 2.79. The van der Waals surface area contributed by atoms with Crippen molar-refractivity contribution in [2.24, 2.45) is 5.10 Å². The lowest BCUT2D eigenvalue weighted by atomic mass is 10.1. The number of hydrogen-bond donors (Lipinski definition) is 2. The normalized spacial score (nSPS) is 14.5. The highest BCUT2D eigenvalue weighted by molar-refractivity contribution is 6.30. The van der Waals surface area contributed by atoms with Gasteiger partial charge in [0.2, 0.25) is 17.8 Å². The highest BCUT2D eigenvalue weighted by Gasteiger charge is 2.16. The fraction of sp³-hybridized carbons (Fsp3) is 0.238. The first kappa shape index (κ1) is 20.1. The lowest BCUT2D eigenvalue weighted by Gasteiger charge is -2.27. The zero-order valence-electron chi connectivity index (χ0n) is 16.5. The summed E-state index contributed by atoms with van der Waals surface area (Å²) in [6, 6.07) is 17.3. The summed E-state index contributed by atoms with van der Waals surface area (Å²) in [5, 5.41) is 8.34. The van der Waals surface area contributed by atoms with Gasteiger partial charge in [0.15, 0.2) is 0 Å². The molecule has 1 aromatic heterocycles. The highest BCUT2D eigenvalue weighted by Crippen LogP contribution is 2.19. The fourth-order valence-corrected chi connectivity index (χ4v) is 3.04. The van der Waals surface area contributed by atoms with Crippen molar-refractivity contribution < 1.29 is 4.74 Å². The summed E-state index contributed by atoms with van der Waals surface area (Å²) in [7, 11) is 0. The molecule has 9 heteroatoms. The number of rotatable bonds is 6. The Kier molecular flexibility index (Phi) is 6.36. The molecular weight excluding hydrogens is 402 g/mol. The van der Waals surface area contributed by atoms with Crippen LogP contribution < -0.4 is 15.6 Å². The minimum Gasteiger partial charge on any atom is -0.378 e. The third-order valence-corrected chi connectivity index (χ3v) is 4.79. The summed E-state index contributed by atoms with van der Waals surface area (Å²) in [6.45, 7) is 4.64. The molecule has 0 radical (unpaired) electrons. The molecule has 4 rings (SSSR count). The van der Waals surface area contributed by atoms with Crippen LogP contribution in [0.2, 0.25) is 5.02 Å². The molecule has 0 amide bonds. The van der Waals surface area contributed by atoms with Gasteiger partial charge in [-0.2, -0.15) is 20.1 Å². The number of halogens is 1. The Morgan fingerprint density at radius 1 is 0.967 bits per heavy atom. The van der Waals surface area contributed by atoms with Gasteiger partial charge in [0.25, 0.3) is 0 Å². The van der Waals surface area contributed by atoms with Crippen molar-refractivity contribution in [1.82, 2.24) is 15.0 Å². The second-order valence-corrected chi connectivity index (χ2v) is 7.13. The molecule has 1 saturated heterocycles. The molecule has 2 aromatic carbocycles. The maximum atomic E-state index is 5.96. The van der Waals surface area contributed by atoms with Crippen LogP contribution in [0.25, 0.3) is 0 Å². The van der Waals surface area contributed by atoms with Crippen LogP contribution >= 0.6 is 11.6 Å². The van der Waals surface area contributed by atoms with E-state index < -0.39 is 0 Å². The van der Waals surface area contributed by atoms with E-state index in [2.05, 4.69) is 35.7 Å². The molecule has 0 spiro atoms. The minimum absolute atomic E-state index is 0.359. The average molecular weight is 424 g/mol. The number of benzene rings is 2. The van der Waals surface area contributed by atoms with Crippen molar-refractivity contribution in [3.8, 4) is 0 Å². The van der Waals surface area contributed by atoms with Gasteiger partial charge in [-0.05, 0) is 36.8 Å². The summed E-state index contributed by atoms with van der Waals surface area (Å²) in [5.74, 6) is 1.38. The second kappa shape index (κ2) is 9.51. The van der Waals surface area contributed by atoms with Crippen molar-refractivity contribution in [3.05, 3.63) is 65.2 Å². The Morgan fingerprint density at radius 3 is 2.40 bits per heavy atom. The minimum atomic E-state index is 0.359. The summed E-state index contributed by atoms with van der Waals surface area (Å²) >= 11 is 5.96. The van der Waals surface area contributed by atoms with Gasteiger partial charge in [0.1, 0.15) is 0 Å². The van der Waals surface area contributed by atoms with Crippen molar-refractivity contribution in [2.75, 3.05) is 41.9 Å². The van der Waals surface area contributed by atoms with Gasteiger partial charge < -0.3 is 15.0 Å². The summed E-state index contributed by atoms with van der Waals surface area (Å²) in [6.07, 6.45) is 0. The Morgan fingerprint density at radius 2 is 1.67 bits per heavy atom. The Balaban J connectivity index is 1.59. The molecule has 1 aliphatic heterocycles. The first-order valence-corrected chi connectivity index (χ1v) is 10.0. The van der Waals surface area contributed by atoms with Crippen LogP contribution in [-0.2, 0) is 4.74 Å². The van der Waals surface area contributed by atoms with Gasteiger partial charge in [0, 0.05) is 23.8 Å². The van der Waals surface area contributed by atoms with E-state index in [9.17, 15) is 0 Å². The van der Waals surface area contributed by atoms with Crippen LogP contribution in [-0.4, -0.2) is 47.0 Å². The molecular formula is C21H22ClN7O. The predicted octanol–water partition coefficient (Wildman–Crippen LogP) is 3.94. The monoisotopic (exact) mass is 423 g/mol. The SMILES string of the molecule is C/C(=N/Nc1nc(Nc2ccccc2)nc(N2CCOCC2)n1)c1ccc(Cl)cc1. The predicted molar refractivity (Wildman–Crippen MR) is 120 cm³/mol. The lowest BCUT2D eigenvalue weighted by molar-refractivity contribution is 0.122. The number of nitrogens with zero attached hydrogens (tertiary/aromatic N) is 5. The van der Waals surface area contributed by atoms with Crippen LogP contribution in [0, 0.1) is 0 Å². The number of para-hydroxylation sites is 1. The van der Waals surface area contributed by atoms with Gasteiger partial charge in [-0.25, -0.2) is 5.43 Å². The van der Waals surface area contributed by atoms with E-state index in [0.717, 1.165) is 30.1 Å². The summed E-state index contributed by atoms with van der Waals surface area (Å²) in [4.78, 5) is 15.7. The maximum absolute atomic E-state index is 5.96. The fourth-order valence-electron chi connectivity index (χ4n) is 2.92. The van der Waals surface area contributed by atoms with Crippen LogP contribution in [0.1, 0.15) is 12.5 Å². The standard InChI is InChI=1S/C21H22ClN7O/c1-15(16-7-9-17(22)10-8-16)27-28-20-24-19(23-18-5-3-2-4-6-18)25-21(26-20)29-11-13-30-14-12-29/h2-10H,11-14H2,1H3,(H2,23,24,25,26,28)/b27-15-. The first-order chi connectivity index (χ1) is 14.7. The zero-order valence-corrected chi connectivity index (χ0v) is 17.3. The second-order valence-electron chi connectivity index (χ2n) is 6.69. The molecule has 0 unspecified atom stereocenters. The van der Waals surface area contributed by atoms with E-state index in [1.165, 1.54) is 0 Å². The largest absolute Gasteiger partial charge is 0.378 e.